The average molecular weight is 269 g/mol. The predicted molar refractivity (Wildman–Crippen MR) is 66.3 cm³/mol. The SMILES string of the molecule is COCCn1c(-c2ccc(F)cc2O)n[nH]c1=S. The number of aromatic nitrogens is 3. The maximum atomic E-state index is 12.9. The molecule has 0 amide bonds. The third kappa shape index (κ3) is 2.41. The minimum absolute atomic E-state index is 0.178. The van der Waals surface area contributed by atoms with Crippen LogP contribution >= 0.6 is 12.2 Å². The molecule has 2 rings (SSSR count). The van der Waals surface area contributed by atoms with Crippen LogP contribution in [-0.2, 0) is 11.3 Å². The highest BCUT2D eigenvalue weighted by Crippen LogP contribution is 2.28. The first-order valence-electron chi connectivity index (χ1n) is 5.26. The van der Waals surface area contributed by atoms with Gasteiger partial charge in [0, 0.05) is 13.2 Å². The molecule has 5 nitrogen and oxygen atoms in total. The Balaban J connectivity index is 2.47. The normalized spacial score (nSPS) is 10.8. The molecule has 2 aromatic rings. The molecule has 96 valence electrons. The summed E-state index contributed by atoms with van der Waals surface area (Å²) in [6.45, 7) is 0.959. The van der Waals surface area contributed by atoms with Gasteiger partial charge in [-0.25, -0.2) is 4.39 Å². The van der Waals surface area contributed by atoms with Crippen LogP contribution in [0.3, 0.4) is 0 Å². The number of nitrogens with zero attached hydrogens (tertiary/aromatic N) is 2. The van der Waals surface area contributed by atoms with E-state index in [4.69, 9.17) is 17.0 Å². The molecule has 0 atom stereocenters. The number of benzene rings is 1. The zero-order valence-electron chi connectivity index (χ0n) is 9.68. The van der Waals surface area contributed by atoms with Crippen molar-refractivity contribution in [3.63, 3.8) is 0 Å². The van der Waals surface area contributed by atoms with Crippen LogP contribution in [0.4, 0.5) is 4.39 Å². The van der Waals surface area contributed by atoms with Crippen LogP contribution in [0.25, 0.3) is 11.4 Å². The first-order chi connectivity index (χ1) is 8.63. The van der Waals surface area contributed by atoms with Crippen molar-refractivity contribution < 1.29 is 14.2 Å². The van der Waals surface area contributed by atoms with Gasteiger partial charge >= 0.3 is 0 Å². The van der Waals surface area contributed by atoms with E-state index in [0.717, 1.165) is 6.07 Å². The highest BCUT2D eigenvalue weighted by molar-refractivity contribution is 7.71. The van der Waals surface area contributed by atoms with Gasteiger partial charge in [0.2, 0.25) is 0 Å². The summed E-state index contributed by atoms with van der Waals surface area (Å²) in [7, 11) is 1.58. The van der Waals surface area contributed by atoms with E-state index in [9.17, 15) is 9.50 Å². The molecule has 7 heteroatoms. The van der Waals surface area contributed by atoms with Crippen LogP contribution < -0.4 is 0 Å². The van der Waals surface area contributed by atoms with Crippen molar-refractivity contribution >= 4 is 12.2 Å². The molecule has 0 spiro atoms. The smallest absolute Gasteiger partial charge is 0.195 e. The van der Waals surface area contributed by atoms with Crippen molar-refractivity contribution in [1.82, 2.24) is 14.8 Å². The van der Waals surface area contributed by atoms with Crippen molar-refractivity contribution in [1.29, 1.82) is 0 Å². The van der Waals surface area contributed by atoms with E-state index in [1.54, 1.807) is 11.7 Å². The Morgan fingerprint density at radius 1 is 1.56 bits per heavy atom. The lowest BCUT2D eigenvalue weighted by molar-refractivity contribution is 0.187. The number of hydrogen-bond acceptors (Lipinski definition) is 4. The molecule has 1 aromatic carbocycles. The fourth-order valence-corrected chi connectivity index (χ4v) is 1.83. The largest absolute Gasteiger partial charge is 0.507 e. The maximum Gasteiger partial charge on any atom is 0.195 e. The van der Waals surface area contributed by atoms with E-state index in [0.29, 0.717) is 29.3 Å². The number of nitrogens with one attached hydrogen (secondary N) is 1. The fraction of sp³-hybridized carbons (Fsp3) is 0.273. The van der Waals surface area contributed by atoms with Crippen molar-refractivity contribution in [3.05, 3.63) is 28.8 Å². The second-order valence-corrected chi connectivity index (χ2v) is 4.04. The number of aromatic amines is 1. The molecule has 1 aromatic heterocycles. The van der Waals surface area contributed by atoms with Gasteiger partial charge in [-0.15, -0.1) is 0 Å². The molecule has 0 fully saturated rings. The zero-order valence-corrected chi connectivity index (χ0v) is 10.5. The highest BCUT2D eigenvalue weighted by atomic mass is 32.1. The van der Waals surface area contributed by atoms with Crippen LogP contribution in [0.15, 0.2) is 18.2 Å². The Morgan fingerprint density at radius 2 is 2.33 bits per heavy atom. The minimum Gasteiger partial charge on any atom is -0.507 e. The van der Waals surface area contributed by atoms with Crippen LogP contribution in [0, 0.1) is 10.6 Å². The Hall–Kier alpha value is -1.73. The van der Waals surface area contributed by atoms with Crippen molar-refractivity contribution in [2.75, 3.05) is 13.7 Å². The van der Waals surface area contributed by atoms with Gasteiger partial charge in [0.05, 0.1) is 18.7 Å². The predicted octanol–water partition coefficient (Wildman–Crippen LogP) is 2.10. The van der Waals surface area contributed by atoms with Crippen molar-refractivity contribution in [3.8, 4) is 17.1 Å². The molecular weight excluding hydrogens is 257 g/mol. The second-order valence-electron chi connectivity index (χ2n) is 3.66. The summed E-state index contributed by atoms with van der Waals surface area (Å²) < 4.78 is 20.0. The number of aromatic hydroxyl groups is 1. The first kappa shape index (κ1) is 12.7. The number of phenolic OH excluding ortho intramolecular Hbond substituents is 1. The van der Waals surface area contributed by atoms with Crippen molar-refractivity contribution in [2.24, 2.45) is 0 Å². The molecule has 0 aliphatic heterocycles. The van der Waals surface area contributed by atoms with Crippen LogP contribution in [-0.4, -0.2) is 33.6 Å². The lowest BCUT2D eigenvalue weighted by atomic mass is 10.2. The monoisotopic (exact) mass is 269 g/mol. The van der Waals surface area contributed by atoms with Crippen LogP contribution in [0.2, 0.25) is 0 Å². The van der Waals surface area contributed by atoms with Gasteiger partial charge in [-0.2, -0.15) is 5.10 Å². The Kier molecular flexibility index (Phi) is 3.73. The minimum atomic E-state index is -0.506. The molecule has 18 heavy (non-hydrogen) atoms. The van der Waals surface area contributed by atoms with Gasteiger partial charge in [-0.1, -0.05) is 0 Å². The number of hydrogen-bond donors (Lipinski definition) is 2. The lowest BCUT2D eigenvalue weighted by Gasteiger charge is -2.07. The fourth-order valence-electron chi connectivity index (χ4n) is 1.61. The lowest BCUT2D eigenvalue weighted by Crippen LogP contribution is -2.06. The number of H-pyrrole nitrogens is 1. The van der Waals surface area contributed by atoms with Gasteiger partial charge in [0.15, 0.2) is 10.6 Å². The van der Waals surface area contributed by atoms with E-state index in [2.05, 4.69) is 10.2 Å². The first-order valence-corrected chi connectivity index (χ1v) is 5.67. The zero-order chi connectivity index (χ0) is 13.1. The number of ether oxygens (including phenoxy) is 1. The van der Waals surface area contributed by atoms with E-state index in [1.807, 2.05) is 0 Å². The van der Waals surface area contributed by atoms with E-state index in [-0.39, 0.29) is 5.75 Å². The van der Waals surface area contributed by atoms with Gasteiger partial charge in [-0.3, -0.25) is 9.67 Å². The standard InChI is InChI=1S/C11H12FN3O2S/c1-17-5-4-15-10(13-14-11(15)18)8-3-2-7(12)6-9(8)16/h2-3,6,16H,4-5H2,1H3,(H,14,18). The highest BCUT2D eigenvalue weighted by Gasteiger charge is 2.13. The molecule has 0 bridgehead atoms. The molecule has 0 radical (unpaired) electrons. The van der Waals surface area contributed by atoms with Crippen LogP contribution in [0.5, 0.6) is 5.75 Å². The Labute approximate surface area is 108 Å². The summed E-state index contributed by atoms with van der Waals surface area (Å²) in [5, 5.41) is 16.4. The number of methoxy groups -OCH3 is 1. The summed E-state index contributed by atoms with van der Waals surface area (Å²) >= 11 is 5.09. The molecule has 0 aliphatic rings. The molecule has 0 unspecified atom stereocenters. The number of phenols is 1. The van der Waals surface area contributed by atoms with Gasteiger partial charge in [0.1, 0.15) is 11.6 Å². The Morgan fingerprint density at radius 3 is 3.00 bits per heavy atom. The maximum absolute atomic E-state index is 12.9. The summed E-state index contributed by atoms with van der Waals surface area (Å²) in [6, 6.07) is 3.75. The van der Waals surface area contributed by atoms with Crippen LogP contribution in [0.1, 0.15) is 0 Å². The van der Waals surface area contributed by atoms with Gasteiger partial charge in [0.25, 0.3) is 0 Å². The average Bonchev–Trinajstić information content (AvgIpc) is 2.68. The quantitative estimate of drug-likeness (QED) is 0.834. The topological polar surface area (TPSA) is 63.1 Å². The number of rotatable bonds is 4. The third-order valence-electron chi connectivity index (χ3n) is 2.48. The summed E-state index contributed by atoms with van der Waals surface area (Å²) in [4.78, 5) is 0. The van der Waals surface area contributed by atoms with E-state index >= 15 is 0 Å². The molecule has 1 heterocycles. The number of halogens is 1. The third-order valence-corrected chi connectivity index (χ3v) is 2.79. The summed E-state index contributed by atoms with van der Waals surface area (Å²) in [5.41, 5.74) is 0.417. The van der Waals surface area contributed by atoms with Gasteiger partial charge < -0.3 is 9.84 Å². The Bertz CT molecular complexity index is 609. The summed E-state index contributed by atoms with van der Waals surface area (Å²) in [6.07, 6.45) is 0. The molecule has 0 saturated heterocycles. The van der Waals surface area contributed by atoms with Crippen molar-refractivity contribution in [2.45, 2.75) is 6.54 Å². The molecular formula is C11H12FN3O2S. The molecule has 2 N–H and O–H groups in total. The summed E-state index contributed by atoms with van der Waals surface area (Å²) in [5.74, 6) is -0.231. The molecule has 0 aliphatic carbocycles. The van der Waals surface area contributed by atoms with E-state index in [1.165, 1.54) is 12.1 Å². The second kappa shape index (κ2) is 5.28. The molecule has 0 saturated carbocycles. The van der Waals surface area contributed by atoms with Gasteiger partial charge in [-0.05, 0) is 24.4 Å². The van der Waals surface area contributed by atoms with E-state index < -0.39 is 5.82 Å².